The number of ether oxygens (including phenoxy) is 5. The molecule has 0 bridgehead atoms. The number of carbonyl (C=O) groups excluding carboxylic acids is 4. The van der Waals surface area contributed by atoms with Crippen molar-refractivity contribution >= 4 is 101 Å². The predicted octanol–water partition coefficient (Wildman–Crippen LogP) is 7.27. The number of aromatic nitrogens is 10. The van der Waals surface area contributed by atoms with Gasteiger partial charge in [-0.15, -0.1) is 0 Å². The zero-order valence-electron chi connectivity index (χ0n) is 59.9. The number of hydrogen-bond acceptors (Lipinski definition) is 30. The van der Waals surface area contributed by atoms with Crippen LogP contribution in [-0.4, -0.2) is 177 Å². The van der Waals surface area contributed by atoms with Crippen molar-refractivity contribution in [3.8, 4) is 0 Å². The SMILES string of the molecule is [C-]#[N+]CCSP(=O)(OC[C@H]1O[C@@H](n2cc(C)c(=O)[nH]c2=O)C[C@H]1OP(=O)(OC[C@H]1O[C@@H](n2cc(C)c(=O)[nH]c2=O)C[C@H]1OC(=O)CCC(C)=O)SCC[N+]#[C-])O[C@@H]1C[C@H](n2ccc(NC(=O)c3ccccc3)nc2=O)O[C@@H]1COP(=O)(O[C@@H]1C[C@H](n2cnc3c(=O)[nH]c(NC(=O)C(C)C)nc32)O[C@@H]1CC)SCC[N+]#[C-]. The van der Waals surface area contributed by atoms with Crippen molar-refractivity contribution in [1.29, 1.82) is 0 Å². The van der Waals surface area contributed by atoms with Crippen LogP contribution in [0, 0.1) is 39.5 Å². The van der Waals surface area contributed by atoms with E-state index in [0.29, 0.717) is 34.1 Å². The van der Waals surface area contributed by atoms with E-state index in [1.807, 2.05) is 0 Å². The third-order valence-electron chi connectivity index (χ3n) is 17.3. The van der Waals surface area contributed by atoms with E-state index in [2.05, 4.69) is 55.1 Å². The number of hydrogen-bond donors (Lipinski definition) is 5. The first-order valence-corrected chi connectivity index (χ1v) is 43.8. The Hall–Kier alpha value is -8.30. The van der Waals surface area contributed by atoms with Gasteiger partial charge >= 0.3 is 43.4 Å². The molecule has 4 aliphatic rings. The average molecular weight is 1640 g/mol. The number of H-pyrrole nitrogens is 3. The Morgan fingerprint density at radius 3 is 1.55 bits per heavy atom. The van der Waals surface area contributed by atoms with E-state index < -0.39 is 171 Å². The molecule has 0 radical (unpaired) electrons. The second-order valence-corrected chi connectivity index (χ2v) is 38.0. The molecule has 0 spiro atoms. The number of imidazole rings is 1. The van der Waals surface area contributed by atoms with Gasteiger partial charge in [-0.25, -0.2) is 52.8 Å². The molecule has 4 aliphatic heterocycles. The normalized spacial score (nSPS) is 24.0. The van der Waals surface area contributed by atoms with Gasteiger partial charge in [-0.3, -0.25) is 94.4 Å². The number of aryl methyl sites for hydroxylation is 2. The molecule has 4 fully saturated rings. The highest BCUT2D eigenvalue weighted by Gasteiger charge is 2.50. The van der Waals surface area contributed by atoms with Gasteiger partial charge in [0.1, 0.15) is 73.1 Å². The van der Waals surface area contributed by atoms with Crippen molar-refractivity contribution in [1.82, 2.24) is 48.2 Å². The number of nitrogens with zero attached hydrogens (tertiary/aromatic N) is 10. The number of anilines is 2. The molecule has 2 amide bonds. The maximum atomic E-state index is 15.8. The fourth-order valence-electron chi connectivity index (χ4n) is 11.7. The number of rotatable bonds is 37. The number of fused-ring (bicyclic) bond motifs is 1. The van der Waals surface area contributed by atoms with Crippen molar-refractivity contribution in [2.75, 3.05) is 67.3 Å². The molecule has 3 unspecified atom stereocenters. The molecule has 9 heterocycles. The molecule has 590 valence electrons. The zero-order chi connectivity index (χ0) is 79.2. The summed E-state index contributed by atoms with van der Waals surface area (Å²) in [4.78, 5) is 160. The molecule has 45 heteroatoms. The van der Waals surface area contributed by atoms with Gasteiger partial charge in [0, 0.05) is 73.3 Å². The highest BCUT2D eigenvalue weighted by Crippen LogP contribution is 2.66. The van der Waals surface area contributed by atoms with Gasteiger partial charge in [0.05, 0.1) is 62.0 Å². The lowest BCUT2D eigenvalue weighted by atomic mass is 10.1. The number of nitrogens with one attached hydrogen (secondary N) is 5. The highest BCUT2D eigenvalue weighted by molar-refractivity contribution is 8.55. The average Bonchev–Trinajstić information content (AvgIpc) is 1.63. The Morgan fingerprint density at radius 1 is 0.609 bits per heavy atom. The molecule has 10 rings (SSSR count). The van der Waals surface area contributed by atoms with E-state index in [-0.39, 0.29) is 127 Å². The van der Waals surface area contributed by atoms with Crippen LogP contribution in [0.2, 0.25) is 0 Å². The van der Waals surface area contributed by atoms with Gasteiger partial charge in [0.25, 0.3) is 22.6 Å². The van der Waals surface area contributed by atoms with Gasteiger partial charge in [-0.2, -0.15) is 9.97 Å². The molecule has 110 heavy (non-hydrogen) atoms. The van der Waals surface area contributed by atoms with Gasteiger partial charge in [0.15, 0.2) is 11.2 Å². The van der Waals surface area contributed by atoms with Gasteiger partial charge in [0.2, 0.25) is 31.5 Å². The topological polar surface area (TPSA) is 466 Å². The number of amides is 2. The van der Waals surface area contributed by atoms with E-state index in [4.69, 9.17) is 70.5 Å². The monoisotopic (exact) mass is 1640 g/mol. The Morgan fingerprint density at radius 2 is 1.07 bits per heavy atom. The van der Waals surface area contributed by atoms with Crippen LogP contribution in [0.3, 0.4) is 0 Å². The molecule has 5 N–H and O–H groups in total. The van der Waals surface area contributed by atoms with Crippen molar-refractivity contribution in [2.24, 2.45) is 5.92 Å². The summed E-state index contributed by atoms with van der Waals surface area (Å²) in [5.41, 5.74) is -4.43. The summed E-state index contributed by atoms with van der Waals surface area (Å²) in [6, 6.07) is 9.40. The number of benzene rings is 1. The first kappa shape index (κ1) is 84.2. The third kappa shape index (κ3) is 21.7. The standard InChI is InChI=1S/C65H78N15O24P3S3/c1-10-41-43(27-53(97-41)80-35-69-55-56(80)72-62(74-61(55)87)73-57(83)36(2)3)102-105(91,108-23-19-66-7)95-33-47-44(28-50(99-47)77-22-18-49(71-63(77)88)70-60(86)40-14-12-11-13-15-40)103-107(93,110-25-21-68-9)96-34-48-45(29-52(100-48)79-31-38(5)59(85)76-65(79)90)104-106(92,109-24-20-67-8)94-32-46-42(101-54(82)17-16-39(6)81)26-51(98-46)78-30-37(4)58(84)75-64(78)89/h11-15,18,22,30-31,35-36,41-48,50-53H,10,16-17,19-21,23-29,32-34H2,1-6H3,(H,75,84,89)(H,76,85,90)(H,70,71,86,88)(H2,72,73,74,83,87)/t41-,42-,43-,44-,45-,46-,47-,48-,50-,51-,52-,53-,105?,106?,107?/m1/s1. The number of esters is 1. The Bertz CT molecular complexity index is 5040. The minimum Gasteiger partial charge on any atom is -0.459 e. The van der Waals surface area contributed by atoms with E-state index in [0.717, 1.165) is 13.7 Å². The van der Waals surface area contributed by atoms with Crippen molar-refractivity contribution in [3.63, 3.8) is 0 Å². The summed E-state index contributed by atoms with van der Waals surface area (Å²) in [6.07, 6.45) is -11.4. The quantitative estimate of drug-likeness (QED) is 0.0111. The van der Waals surface area contributed by atoms with Gasteiger partial charge in [-0.1, -0.05) is 39.0 Å². The molecule has 6 aromatic rings. The summed E-state index contributed by atoms with van der Waals surface area (Å²) in [7, 11) is 0. The molecule has 4 saturated heterocycles. The fraction of sp³-hybridized carbons (Fsp3) is 0.538. The van der Waals surface area contributed by atoms with Crippen molar-refractivity contribution in [3.05, 3.63) is 175 Å². The van der Waals surface area contributed by atoms with Crippen LogP contribution < -0.4 is 44.4 Å². The predicted molar refractivity (Wildman–Crippen MR) is 398 cm³/mol. The number of ketones is 1. The minimum absolute atomic E-state index is 0.0365. The molecule has 1 aromatic carbocycles. The van der Waals surface area contributed by atoms with E-state index in [9.17, 15) is 47.9 Å². The first-order chi connectivity index (χ1) is 52.5. The summed E-state index contributed by atoms with van der Waals surface area (Å²) in [6.45, 7) is 15.0. The largest absolute Gasteiger partial charge is 0.459 e. The molecule has 15 atom stereocenters. The second-order valence-electron chi connectivity index (χ2n) is 25.6. The van der Waals surface area contributed by atoms with Crippen LogP contribution in [0.1, 0.15) is 119 Å². The summed E-state index contributed by atoms with van der Waals surface area (Å²) in [5.74, 6) is -3.39. The van der Waals surface area contributed by atoms with Crippen LogP contribution in [0.4, 0.5) is 11.8 Å². The van der Waals surface area contributed by atoms with Crippen LogP contribution in [0.5, 0.6) is 0 Å². The lowest BCUT2D eigenvalue weighted by Gasteiger charge is -2.28. The van der Waals surface area contributed by atoms with Crippen LogP contribution >= 0.6 is 54.5 Å². The molecule has 0 aliphatic carbocycles. The molecular formula is C65H78N15O24P3S3. The molecule has 39 nitrogen and oxygen atoms in total. The van der Waals surface area contributed by atoms with Gasteiger partial charge in [-0.05, 0) is 79.5 Å². The lowest BCUT2D eigenvalue weighted by Crippen LogP contribution is -2.33. The second kappa shape index (κ2) is 37.8. The van der Waals surface area contributed by atoms with Crippen molar-refractivity contribution < 1.29 is 83.7 Å². The molecule has 0 saturated carbocycles. The third-order valence-corrected chi connectivity index (χ3v) is 28.5. The highest BCUT2D eigenvalue weighted by atomic mass is 32.7. The van der Waals surface area contributed by atoms with E-state index in [1.165, 1.54) is 56.3 Å². The summed E-state index contributed by atoms with van der Waals surface area (Å²) in [5, 5.41) is 5.15. The lowest BCUT2D eigenvalue weighted by molar-refractivity contribution is -0.153. The zero-order valence-corrected chi connectivity index (χ0v) is 65.1. The Labute approximate surface area is 637 Å². The smallest absolute Gasteiger partial charge is 0.389 e. The summed E-state index contributed by atoms with van der Waals surface area (Å²) < 4.78 is 121. The van der Waals surface area contributed by atoms with E-state index >= 15 is 13.7 Å². The van der Waals surface area contributed by atoms with Gasteiger partial charge < -0.3 is 48.3 Å². The Balaban J connectivity index is 0.944. The fourth-order valence-corrected chi connectivity index (χ4v) is 21.6. The Kier molecular flexibility index (Phi) is 28.9. The van der Waals surface area contributed by atoms with Crippen LogP contribution in [-0.2, 0) is 78.9 Å². The first-order valence-electron chi connectivity index (χ1n) is 34.4. The number of carbonyl (C=O) groups is 4. The molecular weight excluding hydrogens is 1560 g/mol. The maximum absolute atomic E-state index is 15.8. The van der Waals surface area contributed by atoms with Crippen molar-refractivity contribution in [2.45, 2.75) is 160 Å². The minimum atomic E-state index is -4.81. The van der Waals surface area contributed by atoms with Crippen LogP contribution in [0.15, 0.2) is 90.1 Å². The summed E-state index contributed by atoms with van der Waals surface area (Å²) >= 11 is 1.80. The van der Waals surface area contributed by atoms with Crippen LogP contribution in [0.25, 0.3) is 25.7 Å². The van der Waals surface area contributed by atoms with E-state index in [1.54, 1.807) is 51.1 Å². The number of aromatic amines is 3. The maximum Gasteiger partial charge on any atom is 0.389 e. The number of Topliss-reactive ketones (excluding diaryl/α,β-unsaturated/α-hetero) is 1. The molecule has 5 aromatic heterocycles.